The number of halogens is 1. The van der Waals surface area contributed by atoms with Crippen LogP contribution in [0, 0.1) is 11.3 Å². The van der Waals surface area contributed by atoms with Crippen LogP contribution in [0.2, 0.25) is 5.02 Å². The monoisotopic (exact) mass is 252 g/mol. The van der Waals surface area contributed by atoms with E-state index >= 15 is 0 Å². The molecule has 0 spiro atoms. The fraction of sp³-hybridized carbons (Fsp3) is 0.100. The first-order valence-electron chi connectivity index (χ1n) is 4.55. The van der Waals surface area contributed by atoms with Crippen LogP contribution in [0.5, 0.6) is 0 Å². The van der Waals surface area contributed by atoms with E-state index in [0.29, 0.717) is 16.3 Å². The average Bonchev–Trinajstić information content (AvgIpc) is 2.26. The highest BCUT2D eigenvalue weighted by atomic mass is 35.5. The van der Waals surface area contributed by atoms with Gasteiger partial charge in [0.05, 0.1) is 28.9 Å². The van der Waals surface area contributed by atoms with Crippen molar-refractivity contribution in [1.29, 1.82) is 5.26 Å². The van der Waals surface area contributed by atoms with Gasteiger partial charge in [-0.05, 0) is 18.2 Å². The summed E-state index contributed by atoms with van der Waals surface area (Å²) in [6.07, 6.45) is 0. The van der Waals surface area contributed by atoms with Gasteiger partial charge in [-0.3, -0.25) is 10.1 Å². The van der Waals surface area contributed by atoms with Gasteiger partial charge in [0.25, 0.3) is 0 Å². The van der Waals surface area contributed by atoms with Crippen LogP contribution in [0.3, 0.4) is 0 Å². The molecule has 0 aliphatic heterocycles. The van der Waals surface area contributed by atoms with Gasteiger partial charge in [-0.25, -0.2) is 4.79 Å². The molecule has 0 heterocycles. The fourth-order valence-corrected chi connectivity index (χ4v) is 1.33. The minimum atomic E-state index is -0.914. The number of primary amides is 1. The summed E-state index contributed by atoms with van der Waals surface area (Å²) in [5, 5.41) is 13.5. The summed E-state index contributed by atoms with van der Waals surface area (Å²) in [6, 6.07) is 5.61. The van der Waals surface area contributed by atoms with E-state index in [-0.39, 0.29) is 6.54 Å². The molecule has 0 radical (unpaired) electrons. The van der Waals surface area contributed by atoms with Crippen LogP contribution in [0.15, 0.2) is 18.2 Å². The second kappa shape index (κ2) is 5.72. The molecule has 0 saturated carbocycles. The molecule has 7 heteroatoms. The predicted molar refractivity (Wildman–Crippen MR) is 62.4 cm³/mol. The zero-order valence-corrected chi connectivity index (χ0v) is 9.41. The van der Waals surface area contributed by atoms with Crippen LogP contribution >= 0.6 is 11.6 Å². The van der Waals surface area contributed by atoms with E-state index in [1.807, 2.05) is 11.4 Å². The van der Waals surface area contributed by atoms with E-state index in [4.69, 9.17) is 22.6 Å². The lowest BCUT2D eigenvalue weighted by Crippen LogP contribution is -2.38. The second-order valence-corrected chi connectivity index (χ2v) is 3.48. The van der Waals surface area contributed by atoms with E-state index in [0.717, 1.165) is 0 Å². The summed E-state index contributed by atoms with van der Waals surface area (Å²) in [7, 11) is 0. The third-order valence-electron chi connectivity index (χ3n) is 1.80. The number of carbonyl (C=O) groups is 2. The number of amides is 3. The van der Waals surface area contributed by atoms with E-state index in [9.17, 15) is 9.59 Å². The maximum atomic E-state index is 11.1. The summed E-state index contributed by atoms with van der Waals surface area (Å²) in [5.74, 6) is -0.571. The predicted octanol–water partition coefficient (Wildman–Crippen LogP) is 0.818. The fourth-order valence-electron chi connectivity index (χ4n) is 1.09. The largest absolute Gasteiger partial charge is 0.375 e. The number of nitriles is 1. The molecule has 0 unspecified atom stereocenters. The molecule has 1 rings (SSSR count). The number of carbonyl (C=O) groups excluding carboxylic acids is 2. The maximum absolute atomic E-state index is 11.1. The summed E-state index contributed by atoms with van der Waals surface area (Å²) in [6.45, 7) is -0.144. The van der Waals surface area contributed by atoms with Crippen molar-refractivity contribution in [2.75, 3.05) is 11.9 Å². The average molecular weight is 253 g/mol. The first kappa shape index (κ1) is 12.8. The summed E-state index contributed by atoms with van der Waals surface area (Å²) in [4.78, 5) is 21.5. The lowest BCUT2D eigenvalue weighted by molar-refractivity contribution is -0.118. The number of urea groups is 1. The molecular formula is C10H9ClN4O2. The van der Waals surface area contributed by atoms with Crippen LogP contribution in [0.1, 0.15) is 5.56 Å². The Morgan fingerprint density at radius 3 is 2.71 bits per heavy atom. The number of nitrogens with one attached hydrogen (secondary N) is 2. The molecule has 0 bridgehead atoms. The minimum Gasteiger partial charge on any atom is -0.375 e. The molecule has 0 saturated heterocycles. The maximum Gasteiger partial charge on any atom is 0.318 e. The smallest absolute Gasteiger partial charge is 0.318 e. The number of hydrogen-bond acceptors (Lipinski definition) is 4. The van der Waals surface area contributed by atoms with Crippen LogP contribution in [-0.2, 0) is 4.79 Å². The van der Waals surface area contributed by atoms with Gasteiger partial charge in [-0.2, -0.15) is 5.26 Å². The number of anilines is 1. The Hall–Kier alpha value is -2.26. The lowest BCUT2D eigenvalue weighted by atomic mass is 10.2. The number of hydrogen-bond donors (Lipinski definition) is 3. The van der Waals surface area contributed by atoms with Gasteiger partial charge in [0.1, 0.15) is 0 Å². The van der Waals surface area contributed by atoms with Crippen molar-refractivity contribution in [3.8, 4) is 6.07 Å². The van der Waals surface area contributed by atoms with E-state index in [1.165, 1.54) is 6.07 Å². The first-order chi connectivity index (χ1) is 8.02. The molecule has 0 aliphatic rings. The zero-order valence-electron chi connectivity index (χ0n) is 8.66. The number of rotatable bonds is 3. The van der Waals surface area contributed by atoms with Crippen molar-refractivity contribution in [2.45, 2.75) is 0 Å². The number of imide groups is 1. The van der Waals surface area contributed by atoms with Gasteiger partial charge in [0.15, 0.2) is 0 Å². The Morgan fingerprint density at radius 2 is 2.18 bits per heavy atom. The molecule has 1 aromatic carbocycles. The van der Waals surface area contributed by atoms with E-state index in [1.54, 1.807) is 12.1 Å². The van der Waals surface area contributed by atoms with Crippen molar-refractivity contribution in [3.05, 3.63) is 28.8 Å². The third-order valence-corrected chi connectivity index (χ3v) is 2.11. The van der Waals surface area contributed by atoms with Crippen molar-refractivity contribution in [1.82, 2.24) is 5.32 Å². The first-order valence-corrected chi connectivity index (χ1v) is 4.93. The summed E-state index contributed by atoms with van der Waals surface area (Å²) in [5.41, 5.74) is 5.68. The van der Waals surface area contributed by atoms with Gasteiger partial charge in [-0.1, -0.05) is 11.6 Å². The number of nitrogens with zero attached hydrogens (tertiary/aromatic N) is 1. The molecule has 0 aromatic heterocycles. The number of benzene rings is 1. The Bertz CT molecular complexity index is 496. The molecule has 6 nitrogen and oxygen atoms in total. The topological polar surface area (TPSA) is 108 Å². The standard InChI is InChI=1S/C10H9ClN4O2/c11-7-3-6(4-12)1-2-8(7)14-5-9(16)15-10(13)17/h1-3,14H,5H2,(H3,13,15,16,17). The Balaban J connectivity index is 2.61. The van der Waals surface area contributed by atoms with Crippen LogP contribution < -0.4 is 16.4 Å². The normalized spacial score (nSPS) is 9.18. The third kappa shape index (κ3) is 4.01. The molecule has 1 aromatic rings. The van der Waals surface area contributed by atoms with Crippen molar-refractivity contribution >= 4 is 29.2 Å². The van der Waals surface area contributed by atoms with Crippen molar-refractivity contribution in [2.24, 2.45) is 5.73 Å². The zero-order chi connectivity index (χ0) is 12.8. The number of nitrogens with two attached hydrogens (primary N) is 1. The highest BCUT2D eigenvalue weighted by Crippen LogP contribution is 2.22. The Morgan fingerprint density at radius 1 is 1.47 bits per heavy atom. The van der Waals surface area contributed by atoms with Crippen LogP contribution in [0.4, 0.5) is 10.5 Å². The van der Waals surface area contributed by atoms with Crippen LogP contribution in [-0.4, -0.2) is 18.5 Å². The van der Waals surface area contributed by atoms with E-state index in [2.05, 4.69) is 5.32 Å². The minimum absolute atomic E-state index is 0.144. The van der Waals surface area contributed by atoms with Crippen molar-refractivity contribution < 1.29 is 9.59 Å². The molecular weight excluding hydrogens is 244 g/mol. The molecule has 88 valence electrons. The molecule has 4 N–H and O–H groups in total. The molecule has 0 fully saturated rings. The quantitative estimate of drug-likeness (QED) is 0.740. The van der Waals surface area contributed by atoms with Gasteiger partial charge in [0.2, 0.25) is 5.91 Å². The molecule has 0 aliphatic carbocycles. The van der Waals surface area contributed by atoms with Gasteiger partial charge in [-0.15, -0.1) is 0 Å². The summed E-state index contributed by atoms with van der Waals surface area (Å²) < 4.78 is 0. The van der Waals surface area contributed by atoms with E-state index < -0.39 is 11.9 Å². The lowest BCUT2D eigenvalue weighted by Gasteiger charge is -2.07. The Labute approximate surface area is 102 Å². The molecule has 17 heavy (non-hydrogen) atoms. The molecule has 3 amide bonds. The second-order valence-electron chi connectivity index (χ2n) is 3.07. The molecule has 0 atom stereocenters. The van der Waals surface area contributed by atoms with Gasteiger partial charge >= 0.3 is 6.03 Å². The van der Waals surface area contributed by atoms with Crippen LogP contribution in [0.25, 0.3) is 0 Å². The van der Waals surface area contributed by atoms with Crippen molar-refractivity contribution in [3.63, 3.8) is 0 Å². The Kier molecular flexibility index (Phi) is 4.31. The highest BCUT2D eigenvalue weighted by molar-refractivity contribution is 6.33. The highest BCUT2D eigenvalue weighted by Gasteiger charge is 2.06. The van der Waals surface area contributed by atoms with Gasteiger partial charge < -0.3 is 11.1 Å². The van der Waals surface area contributed by atoms with Gasteiger partial charge in [0, 0.05) is 0 Å². The SMILES string of the molecule is N#Cc1ccc(NCC(=O)NC(N)=O)c(Cl)c1. The summed E-state index contributed by atoms with van der Waals surface area (Å²) >= 11 is 5.86.